The first-order chi connectivity index (χ1) is 10.0. The average Bonchev–Trinajstić information content (AvgIpc) is 2.48. The molecule has 0 radical (unpaired) electrons. The number of hydrogen-bond acceptors (Lipinski definition) is 1. The molecule has 0 fully saturated rings. The minimum Gasteiger partial charge on any atom is -0.481 e. The van der Waals surface area contributed by atoms with E-state index in [1.165, 1.54) is 28.3 Å². The number of rotatable bonds is 2. The summed E-state index contributed by atoms with van der Waals surface area (Å²) >= 11 is 0. The van der Waals surface area contributed by atoms with E-state index in [-0.39, 0.29) is 0 Å². The maximum absolute atomic E-state index is 5.53. The Morgan fingerprint density at radius 3 is 2.86 bits per heavy atom. The number of benzene rings is 2. The Morgan fingerprint density at radius 2 is 2.10 bits per heavy atom. The molecule has 1 aliphatic carbocycles. The minimum atomic E-state index is 0.321. The minimum absolute atomic E-state index is 0.321. The topological polar surface area (TPSA) is 9.23 Å². The summed E-state index contributed by atoms with van der Waals surface area (Å²) in [5, 5.41) is 2.61. The van der Waals surface area contributed by atoms with E-state index in [1.54, 1.807) is 0 Å². The Kier molecular flexibility index (Phi) is 3.41. The van der Waals surface area contributed by atoms with Crippen LogP contribution in [0.2, 0.25) is 0 Å². The average molecular weight is 278 g/mol. The molecule has 1 heteroatoms. The predicted molar refractivity (Wildman–Crippen MR) is 88.8 cm³/mol. The standard InChI is InChI=1S/C20H22O/c1-5-12-21-16-7-9-18-15(13-16)6-8-17-14(2)20(3,4)11-10-19(17)18/h1,6-9,13-14H,10-12H2,2-4H3. The zero-order valence-corrected chi connectivity index (χ0v) is 13.1. The van der Waals surface area contributed by atoms with Crippen molar-refractivity contribution in [3.05, 3.63) is 41.5 Å². The lowest BCUT2D eigenvalue weighted by molar-refractivity contribution is 0.260. The van der Waals surface area contributed by atoms with Gasteiger partial charge in [-0.2, -0.15) is 0 Å². The van der Waals surface area contributed by atoms with Gasteiger partial charge in [-0.15, -0.1) is 6.42 Å². The van der Waals surface area contributed by atoms with Crippen LogP contribution in [0.15, 0.2) is 30.3 Å². The lowest BCUT2D eigenvalue weighted by atomic mass is 9.66. The van der Waals surface area contributed by atoms with E-state index in [9.17, 15) is 0 Å². The molecule has 0 amide bonds. The lowest BCUT2D eigenvalue weighted by Gasteiger charge is -2.38. The summed E-state index contributed by atoms with van der Waals surface area (Å²) in [7, 11) is 0. The molecule has 0 spiro atoms. The molecule has 1 unspecified atom stereocenters. The molecular formula is C20H22O. The number of ether oxygens (including phenoxy) is 1. The molecule has 21 heavy (non-hydrogen) atoms. The van der Waals surface area contributed by atoms with Gasteiger partial charge in [0.25, 0.3) is 0 Å². The van der Waals surface area contributed by atoms with Crippen molar-refractivity contribution in [3.8, 4) is 18.1 Å². The van der Waals surface area contributed by atoms with E-state index in [0.29, 0.717) is 17.9 Å². The normalized spacial score (nSPS) is 19.8. The second kappa shape index (κ2) is 5.11. The highest BCUT2D eigenvalue weighted by molar-refractivity contribution is 5.88. The zero-order valence-electron chi connectivity index (χ0n) is 13.1. The first kappa shape index (κ1) is 14.0. The van der Waals surface area contributed by atoms with Gasteiger partial charge in [-0.3, -0.25) is 0 Å². The van der Waals surface area contributed by atoms with Crippen molar-refractivity contribution in [1.29, 1.82) is 0 Å². The quantitative estimate of drug-likeness (QED) is 0.708. The summed E-state index contributed by atoms with van der Waals surface area (Å²) in [4.78, 5) is 0. The Labute approximate surface area is 127 Å². The second-order valence-corrected chi connectivity index (χ2v) is 6.72. The lowest BCUT2D eigenvalue weighted by Crippen LogP contribution is -2.26. The van der Waals surface area contributed by atoms with Crippen molar-refractivity contribution in [2.24, 2.45) is 5.41 Å². The monoisotopic (exact) mass is 278 g/mol. The van der Waals surface area contributed by atoms with Gasteiger partial charge in [-0.1, -0.05) is 44.9 Å². The maximum Gasteiger partial charge on any atom is 0.148 e. The van der Waals surface area contributed by atoms with Crippen molar-refractivity contribution >= 4 is 10.8 Å². The van der Waals surface area contributed by atoms with Crippen LogP contribution in [-0.4, -0.2) is 6.61 Å². The molecule has 2 aromatic rings. The smallest absolute Gasteiger partial charge is 0.148 e. The molecule has 1 nitrogen and oxygen atoms in total. The van der Waals surface area contributed by atoms with E-state index in [1.807, 2.05) is 6.07 Å². The third kappa shape index (κ3) is 2.40. The van der Waals surface area contributed by atoms with Crippen molar-refractivity contribution in [3.63, 3.8) is 0 Å². The molecule has 0 heterocycles. The fourth-order valence-electron chi connectivity index (χ4n) is 3.37. The van der Waals surface area contributed by atoms with Gasteiger partial charge in [-0.25, -0.2) is 0 Å². The highest BCUT2D eigenvalue weighted by Gasteiger charge is 2.33. The fraction of sp³-hybridized carbons (Fsp3) is 0.400. The van der Waals surface area contributed by atoms with Gasteiger partial charge in [0.1, 0.15) is 12.4 Å². The van der Waals surface area contributed by atoms with E-state index >= 15 is 0 Å². The van der Waals surface area contributed by atoms with Crippen LogP contribution in [0.5, 0.6) is 5.75 Å². The van der Waals surface area contributed by atoms with E-state index in [0.717, 1.165) is 12.2 Å². The van der Waals surface area contributed by atoms with Crippen molar-refractivity contribution < 1.29 is 4.74 Å². The summed E-state index contributed by atoms with van der Waals surface area (Å²) < 4.78 is 5.53. The summed E-state index contributed by atoms with van der Waals surface area (Å²) in [5.74, 6) is 3.96. The molecular weight excluding hydrogens is 256 g/mol. The number of hydrogen-bond donors (Lipinski definition) is 0. The predicted octanol–water partition coefficient (Wildman–Crippen LogP) is 4.93. The maximum atomic E-state index is 5.53. The van der Waals surface area contributed by atoms with Crippen LogP contribution >= 0.6 is 0 Å². The summed E-state index contributed by atoms with van der Waals surface area (Å²) in [6.07, 6.45) is 7.65. The van der Waals surface area contributed by atoms with Gasteiger partial charge in [0, 0.05) is 0 Å². The summed E-state index contributed by atoms with van der Waals surface area (Å²) in [6.45, 7) is 7.43. The van der Waals surface area contributed by atoms with E-state index in [4.69, 9.17) is 11.2 Å². The highest BCUT2D eigenvalue weighted by atomic mass is 16.5. The Morgan fingerprint density at radius 1 is 1.29 bits per heavy atom. The summed E-state index contributed by atoms with van der Waals surface area (Å²) in [6, 6.07) is 10.8. The Bertz CT molecular complexity index is 718. The Hall–Kier alpha value is -1.94. The largest absolute Gasteiger partial charge is 0.481 e. The first-order valence-corrected chi connectivity index (χ1v) is 7.65. The molecule has 0 saturated carbocycles. The molecule has 0 aliphatic heterocycles. The van der Waals surface area contributed by atoms with Crippen molar-refractivity contribution in [2.45, 2.75) is 39.5 Å². The van der Waals surface area contributed by atoms with Crippen molar-refractivity contribution in [2.75, 3.05) is 6.61 Å². The molecule has 0 N–H and O–H groups in total. The molecule has 3 rings (SSSR count). The molecule has 0 saturated heterocycles. The first-order valence-electron chi connectivity index (χ1n) is 7.65. The Balaban J connectivity index is 2.07. The third-order valence-corrected chi connectivity index (χ3v) is 5.12. The van der Waals surface area contributed by atoms with Gasteiger partial charge in [0.2, 0.25) is 0 Å². The van der Waals surface area contributed by atoms with Crippen molar-refractivity contribution in [1.82, 2.24) is 0 Å². The third-order valence-electron chi connectivity index (χ3n) is 5.12. The molecule has 1 aliphatic rings. The fourth-order valence-corrected chi connectivity index (χ4v) is 3.37. The van der Waals surface area contributed by atoms with Gasteiger partial charge < -0.3 is 4.74 Å². The highest BCUT2D eigenvalue weighted by Crippen LogP contribution is 2.46. The number of terminal acetylenes is 1. The second-order valence-electron chi connectivity index (χ2n) is 6.72. The van der Waals surface area contributed by atoms with Gasteiger partial charge in [-0.05, 0) is 58.2 Å². The molecule has 0 bridgehead atoms. The van der Waals surface area contributed by atoms with Crippen LogP contribution in [0.3, 0.4) is 0 Å². The van der Waals surface area contributed by atoms with Gasteiger partial charge in [0.15, 0.2) is 0 Å². The van der Waals surface area contributed by atoms with Gasteiger partial charge >= 0.3 is 0 Å². The van der Waals surface area contributed by atoms with Gasteiger partial charge in [0.05, 0.1) is 0 Å². The van der Waals surface area contributed by atoms with Crippen LogP contribution in [-0.2, 0) is 6.42 Å². The van der Waals surface area contributed by atoms with E-state index < -0.39 is 0 Å². The SMILES string of the molecule is C#CCOc1ccc2c3c(ccc2c1)C(C)C(C)(C)CC3. The van der Waals surface area contributed by atoms with Crippen LogP contribution < -0.4 is 4.74 Å². The van der Waals surface area contributed by atoms with Crippen LogP contribution in [0, 0.1) is 17.8 Å². The van der Waals surface area contributed by atoms with Crippen LogP contribution in [0.1, 0.15) is 44.2 Å². The van der Waals surface area contributed by atoms with Crippen LogP contribution in [0.4, 0.5) is 0 Å². The molecule has 0 aromatic heterocycles. The number of fused-ring (bicyclic) bond motifs is 3. The molecule has 108 valence electrons. The van der Waals surface area contributed by atoms with Crippen LogP contribution in [0.25, 0.3) is 10.8 Å². The number of aryl methyl sites for hydroxylation is 1. The van der Waals surface area contributed by atoms with E-state index in [2.05, 4.69) is 51.0 Å². The summed E-state index contributed by atoms with van der Waals surface area (Å²) in [5.41, 5.74) is 3.41. The zero-order chi connectivity index (χ0) is 15.0. The molecule has 1 atom stereocenters. The molecule has 2 aromatic carbocycles.